The van der Waals surface area contributed by atoms with Crippen molar-refractivity contribution >= 4 is 66.2 Å². The van der Waals surface area contributed by atoms with E-state index in [4.69, 9.17) is 0 Å². The number of hydrogen-bond acceptors (Lipinski definition) is 3. The predicted octanol–water partition coefficient (Wildman–Crippen LogP) is 4.10. The van der Waals surface area contributed by atoms with Crippen LogP contribution in [0.5, 0.6) is 0 Å². The lowest BCUT2D eigenvalue weighted by Gasteiger charge is -2.13. The first kappa shape index (κ1) is 21.8. The molecule has 7 nitrogen and oxygen atoms in total. The number of aromatic nitrogens is 1. The molecule has 0 saturated carbocycles. The average Bonchev–Trinajstić information content (AvgIpc) is 3.05. The van der Waals surface area contributed by atoms with E-state index in [2.05, 4.69) is 54.5 Å². The lowest BCUT2D eigenvalue weighted by atomic mass is 10.2. The monoisotopic (exact) mass is 532 g/mol. The standard InChI is InChI=1S/C21H18Br2N4O3/c1-3-8-24-20(29)21(30)26-27-17-7-5-14(22)10-13(17)11-18(27)19(28)25-16-6-4-12(2)9-15(16)23/h3-7,9-11H,1,8H2,2H3,(H,24,29)(H,25,28)(H,26,30). The number of rotatable bonds is 5. The Morgan fingerprint density at radius 2 is 1.83 bits per heavy atom. The van der Waals surface area contributed by atoms with Crippen molar-refractivity contribution in [3.8, 4) is 0 Å². The summed E-state index contributed by atoms with van der Waals surface area (Å²) < 4.78 is 2.85. The van der Waals surface area contributed by atoms with Gasteiger partial charge >= 0.3 is 11.8 Å². The number of anilines is 1. The van der Waals surface area contributed by atoms with E-state index in [-0.39, 0.29) is 12.2 Å². The molecule has 0 atom stereocenters. The molecule has 0 aliphatic carbocycles. The summed E-state index contributed by atoms with van der Waals surface area (Å²) in [6.07, 6.45) is 1.46. The van der Waals surface area contributed by atoms with Gasteiger partial charge in [0, 0.05) is 20.9 Å². The van der Waals surface area contributed by atoms with E-state index in [1.54, 1.807) is 24.3 Å². The maximum Gasteiger partial charge on any atom is 0.328 e. The van der Waals surface area contributed by atoms with Crippen LogP contribution in [-0.4, -0.2) is 28.9 Å². The van der Waals surface area contributed by atoms with Gasteiger partial charge in [0.15, 0.2) is 0 Å². The molecule has 30 heavy (non-hydrogen) atoms. The Labute approximate surface area is 189 Å². The van der Waals surface area contributed by atoms with Crippen molar-refractivity contribution in [2.75, 3.05) is 17.3 Å². The topological polar surface area (TPSA) is 92.2 Å². The largest absolute Gasteiger partial charge is 0.344 e. The summed E-state index contributed by atoms with van der Waals surface area (Å²) in [5.41, 5.74) is 4.85. The molecular formula is C21H18Br2N4O3. The van der Waals surface area contributed by atoms with Crippen LogP contribution < -0.4 is 16.1 Å². The molecule has 0 unspecified atom stereocenters. The van der Waals surface area contributed by atoms with Gasteiger partial charge in [0.2, 0.25) is 0 Å². The van der Waals surface area contributed by atoms with Crippen LogP contribution >= 0.6 is 31.9 Å². The number of nitrogens with one attached hydrogen (secondary N) is 3. The highest BCUT2D eigenvalue weighted by Crippen LogP contribution is 2.26. The highest BCUT2D eigenvalue weighted by Gasteiger charge is 2.21. The molecule has 3 aromatic rings. The van der Waals surface area contributed by atoms with Crippen molar-refractivity contribution in [1.82, 2.24) is 9.99 Å². The highest BCUT2D eigenvalue weighted by molar-refractivity contribution is 9.10. The van der Waals surface area contributed by atoms with Gasteiger partial charge in [-0.3, -0.25) is 19.8 Å². The smallest absolute Gasteiger partial charge is 0.328 e. The zero-order valence-electron chi connectivity index (χ0n) is 16.0. The van der Waals surface area contributed by atoms with Gasteiger partial charge in [-0.15, -0.1) is 6.58 Å². The molecule has 3 amide bonds. The molecule has 0 radical (unpaired) electrons. The van der Waals surface area contributed by atoms with E-state index >= 15 is 0 Å². The summed E-state index contributed by atoms with van der Waals surface area (Å²) in [6, 6.07) is 12.5. The summed E-state index contributed by atoms with van der Waals surface area (Å²) in [5.74, 6) is -2.18. The minimum Gasteiger partial charge on any atom is -0.344 e. The van der Waals surface area contributed by atoms with Gasteiger partial charge in [-0.05, 0) is 64.8 Å². The lowest BCUT2D eigenvalue weighted by Crippen LogP contribution is -2.39. The Balaban J connectivity index is 1.97. The Kier molecular flexibility index (Phi) is 6.73. The molecule has 9 heteroatoms. The van der Waals surface area contributed by atoms with E-state index in [1.165, 1.54) is 10.8 Å². The van der Waals surface area contributed by atoms with Gasteiger partial charge < -0.3 is 10.6 Å². The minimum absolute atomic E-state index is 0.153. The SMILES string of the molecule is C=CCNC(=O)C(=O)Nn1c(C(=O)Nc2ccc(C)cc2Br)cc2cc(Br)ccc21. The summed E-state index contributed by atoms with van der Waals surface area (Å²) in [4.78, 5) is 37.3. The first-order valence-corrected chi connectivity index (χ1v) is 10.5. The number of carbonyl (C=O) groups excluding carboxylic acids is 3. The summed E-state index contributed by atoms with van der Waals surface area (Å²) in [7, 11) is 0. The molecule has 154 valence electrons. The van der Waals surface area contributed by atoms with E-state index in [9.17, 15) is 14.4 Å². The number of aryl methyl sites for hydroxylation is 1. The third-order valence-corrected chi connectivity index (χ3v) is 5.34. The fourth-order valence-corrected chi connectivity index (χ4v) is 3.75. The molecular weight excluding hydrogens is 516 g/mol. The number of halogens is 2. The number of benzene rings is 2. The Hall–Kier alpha value is -2.91. The maximum atomic E-state index is 13.0. The fourth-order valence-electron chi connectivity index (χ4n) is 2.78. The van der Waals surface area contributed by atoms with Crippen LogP contribution in [0.4, 0.5) is 5.69 Å². The van der Waals surface area contributed by atoms with Crippen molar-refractivity contribution in [2.45, 2.75) is 6.92 Å². The lowest BCUT2D eigenvalue weighted by molar-refractivity contribution is -0.136. The van der Waals surface area contributed by atoms with Crippen molar-refractivity contribution < 1.29 is 14.4 Å². The second-order valence-electron chi connectivity index (χ2n) is 6.45. The van der Waals surface area contributed by atoms with Gasteiger partial charge in [-0.2, -0.15) is 0 Å². The van der Waals surface area contributed by atoms with Gasteiger partial charge in [-0.1, -0.05) is 28.1 Å². The summed E-state index contributed by atoms with van der Waals surface area (Å²) >= 11 is 6.83. The summed E-state index contributed by atoms with van der Waals surface area (Å²) in [5, 5.41) is 5.94. The minimum atomic E-state index is -0.900. The number of fused-ring (bicyclic) bond motifs is 1. The second kappa shape index (κ2) is 9.27. The van der Waals surface area contributed by atoms with E-state index < -0.39 is 17.7 Å². The van der Waals surface area contributed by atoms with Crippen molar-refractivity contribution in [3.63, 3.8) is 0 Å². The van der Waals surface area contributed by atoms with Crippen molar-refractivity contribution in [3.05, 3.63) is 75.3 Å². The molecule has 3 rings (SSSR count). The van der Waals surface area contributed by atoms with E-state index in [0.717, 1.165) is 14.5 Å². The predicted molar refractivity (Wildman–Crippen MR) is 124 cm³/mol. The van der Waals surface area contributed by atoms with Crippen LogP contribution in [0.25, 0.3) is 10.9 Å². The first-order valence-electron chi connectivity index (χ1n) is 8.88. The Morgan fingerprint density at radius 3 is 2.53 bits per heavy atom. The number of amides is 3. The maximum absolute atomic E-state index is 13.0. The zero-order valence-corrected chi connectivity index (χ0v) is 19.1. The molecule has 0 fully saturated rings. The molecule has 1 heterocycles. The van der Waals surface area contributed by atoms with Crippen LogP contribution in [0.2, 0.25) is 0 Å². The van der Waals surface area contributed by atoms with Gasteiger partial charge in [0.1, 0.15) is 5.69 Å². The normalized spacial score (nSPS) is 10.5. The molecule has 0 aliphatic rings. The quantitative estimate of drug-likeness (QED) is 0.340. The van der Waals surface area contributed by atoms with Gasteiger partial charge in [-0.25, -0.2) is 4.68 Å². The van der Waals surface area contributed by atoms with Crippen molar-refractivity contribution in [2.24, 2.45) is 0 Å². The number of hydrogen-bond donors (Lipinski definition) is 3. The summed E-state index contributed by atoms with van der Waals surface area (Å²) in [6.45, 7) is 5.59. The number of carbonyl (C=O) groups is 3. The third-order valence-electron chi connectivity index (χ3n) is 4.20. The second-order valence-corrected chi connectivity index (χ2v) is 8.22. The van der Waals surface area contributed by atoms with Crippen molar-refractivity contribution in [1.29, 1.82) is 0 Å². The molecule has 0 saturated heterocycles. The van der Waals surface area contributed by atoms with Gasteiger partial charge in [0.25, 0.3) is 5.91 Å². The van der Waals surface area contributed by atoms with E-state index in [0.29, 0.717) is 16.6 Å². The Bertz CT molecular complexity index is 1170. The molecule has 0 spiro atoms. The van der Waals surface area contributed by atoms with Gasteiger partial charge in [0.05, 0.1) is 11.2 Å². The van der Waals surface area contributed by atoms with Crippen LogP contribution in [0.1, 0.15) is 16.1 Å². The fraction of sp³-hybridized carbons (Fsp3) is 0.0952. The van der Waals surface area contributed by atoms with Crippen LogP contribution in [0, 0.1) is 6.92 Å². The molecule has 0 aliphatic heterocycles. The third kappa shape index (κ3) is 4.80. The van der Waals surface area contributed by atoms with Crippen LogP contribution in [-0.2, 0) is 9.59 Å². The van der Waals surface area contributed by atoms with E-state index in [1.807, 2.05) is 25.1 Å². The molecule has 2 aromatic carbocycles. The van der Waals surface area contributed by atoms with Crippen LogP contribution in [0.3, 0.4) is 0 Å². The average molecular weight is 534 g/mol. The molecule has 1 aromatic heterocycles. The highest BCUT2D eigenvalue weighted by atomic mass is 79.9. The zero-order chi connectivity index (χ0) is 21.8. The number of nitrogens with zero attached hydrogens (tertiary/aromatic N) is 1. The van der Waals surface area contributed by atoms with Crippen LogP contribution in [0.15, 0.2) is 64.1 Å². The Morgan fingerprint density at radius 1 is 1.07 bits per heavy atom. The first-order chi connectivity index (χ1) is 14.3. The molecule has 0 bridgehead atoms. The molecule has 3 N–H and O–H groups in total.